The molecule has 0 radical (unpaired) electrons. The van der Waals surface area contributed by atoms with Crippen molar-refractivity contribution in [3.8, 4) is 5.75 Å². The van der Waals surface area contributed by atoms with Crippen molar-refractivity contribution in [1.29, 1.82) is 0 Å². The molecular formula is C30H28N2O3S. The van der Waals surface area contributed by atoms with Crippen LogP contribution in [0.25, 0.3) is 10.8 Å². The van der Waals surface area contributed by atoms with E-state index in [1.807, 2.05) is 67.6 Å². The highest BCUT2D eigenvalue weighted by atomic mass is 32.2. The van der Waals surface area contributed by atoms with Gasteiger partial charge in [-0.2, -0.15) is 0 Å². The predicted octanol–water partition coefficient (Wildman–Crippen LogP) is 6.87. The van der Waals surface area contributed by atoms with Gasteiger partial charge in [0.15, 0.2) is 0 Å². The molecule has 0 aromatic heterocycles. The van der Waals surface area contributed by atoms with E-state index in [2.05, 4.69) is 34.3 Å². The van der Waals surface area contributed by atoms with Crippen LogP contribution in [0.4, 0.5) is 11.4 Å². The highest BCUT2D eigenvalue weighted by Gasteiger charge is 2.38. The van der Waals surface area contributed by atoms with Crippen molar-refractivity contribution in [2.45, 2.75) is 30.2 Å². The SMILES string of the molecule is CCOc1ccc([C@@H]2Nc3ccc(S(=O)(=O)Nc4cccc5ccccc45)cc3[C@H]3C=CC[C@@H]32)cc1. The smallest absolute Gasteiger partial charge is 0.261 e. The van der Waals surface area contributed by atoms with Gasteiger partial charge in [0.05, 0.1) is 23.2 Å². The quantitative estimate of drug-likeness (QED) is 0.286. The standard InChI is InChI=1S/C30H28N2O3S/c1-2-35-22-15-13-21(14-16-22)30-26-11-6-10-25(26)27-19-23(17-18-28(27)31-30)36(33,34)32-29-12-5-8-20-7-3-4-9-24(20)29/h3-10,12-19,25-26,30-32H,2,11H2,1H3/t25-,26-,30-/m0/s1. The fourth-order valence-electron chi connectivity index (χ4n) is 5.53. The molecule has 6 rings (SSSR count). The average molecular weight is 497 g/mol. The van der Waals surface area contributed by atoms with Gasteiger partial charge >= 0.3 is 0 Å². The molecule has 0 saturated heterocycles. The second kappa shape index (κ2) is 9.03. The molecule has 1 heterocycles. The van der Waals surface area contributed by atoms with Gasteiger partial charge in [0.1, 0.15) is 5.75 Å². The van der Waals surface area contributed by atoms with E-state index in [0.717, 1.165) is 34.2 Å². The fraction of sp³-hybridized carbons (Fsp3) is 0.200. The Balaban J connectivity index is 1.32. The number of anilines is 2. The molecule has 0 fully saturated rings. The summed E-state index contributed by atoms with van der Waals surface area (Å²) in [6.07, 6.45) is 5.38. The number of hydrogen-bond donors (Lipinski definition) is 2. The normalized spacial score (nSPS) is 20.4. The molecule has 6 heteroatoms. The van der Waals surface area contributed by atoms with E-state index in [1.165, 1.54) is 5.56 Å². The summed E-state index contributed by atoms with van der Waals surface area (Å²) in [6.45, 7) is 2.62. The van der Waals surface area contributed by atoms with Crippen molar-refractivity contribution < 1.29 is 13.2 Å². The first-order valence-corrected chi connectivity index (χ1v) is 13.8. The van der Waals surface area contributed by atoms with Crippen LogP contribution >= 0.6 is 0 Å². The van der Waals surface area contributed by atoms with Crippen molar-refractivity contribution >= 4 is 32.2 Å². The Morgan fingerprint density at radius 2 is 1.78 bits per heavy atom. The van der Waals surface area contributed by atoms with Crippen LogP contribution in [0.15, 0.2) is 102 Å². The summed E-state index contributed by atoms with van der Waals surface area (Å²) in [5, 5.41) is 5.56. The van der Waals surface area contributed by atoms with Crippen molar-refractivity contribution in [2.75, 3.05) is 16.6 Å². The van der Waals surface area contributed by atoms with E-state index in [1.54, 1.807) is 12.1 Å². The Labute approximate surface area is 211 Å². The third kappa shape index (κ3) is 4.01. The molecule has 1 aliphatic carbocycles. The maximum atomic E-state index is 13.4. The Morgan fingerprint density at radius 3 is 2.61 bits per heavy atom. The molecule has 0 saturated carbocycles. The maximum Gasteiger partial charge on any atom is 0.261 e. The number of hydrogen-bond acceptors (Lipinski definition) is 4. The predicted molar refractivity (Wildman–Crippen MR) is 145 cm³/mol. The number of ether oxygens (including phenoxy) is 1. The van der Waals surface area contributed by atoms with E-state index in [0.29, 0.717) is 18.2 Å². The zero-order valence-corrected chi connectivity index (χ0v) is 20.8. The number of sulfonamides is 1. The lowest BCUT2D eigenvalue weighted by molar-refractivity contribution is 0.340. The topological polar surface area (TPSA) is 67.4 Å². The first-order chi connectivity index (χ1) is 17.5. The van der Waals surface area contributed by atoms with Crippen LogP contribution in [0, 0.1) is 5.92 Å². The summed E-state index contributed by atoms with van der Waals surface area (Å²) >= 11 is 0. The zero-order chi connectivity index (χ0) is 24.7. The van der Waals surface area contributed by atoms with Crippen LogP contribution in [0.1, 0.15) is 36.4 Å². The van der Waals surface area contributed by atoms with Gasteiger partial charge in [0.25, 0.3) is 10.0 Å². The molecule has 0 unspecified atom stereocenters. The lowest BCUT2D eigenvalue weighted by Crippen LogP contribution is -2.29. The molecule has 3 atom stereocenters. The summed E-state index contributed by atoms with van der Waals surface area (Å²) < 4.78 is 35.3. The first kappa shape index (κ1) is 22.7. The third-order valence-electron chi connectivity index (χ3n) is 7.23. The summed E-state index contributed by atoms with van der Waals surface area (Å²) in [5.41, 5.74) is 3.79. The van der Waals surface area contributed by atoms with Crippen LogP contribution in [0.5, 0.6) is 5.75 Å². The van der Waals surface area contributed by atoms with Gasteiger partial charge in [-0.25, -0.2) is 8.42 Å². The van der Waals surface area contributed by atoms with Crippen LogP contribution in [0.3, 0.4) is 0 Å². The molecule has 0 spiro atoms. The molecule has 4 aromatic carbocycles. The first-order valence-electron chi connectivity index (χ1n) is 12.3. The highest BCUT2D eigenvalue weighted by molar-refractivity contribution is 7.92. The number of nitrogens with one attached hydrogen (secondary N) is 2. The Morgan fingerprint density at radius 1 is 0.972 bits per heavy atom. The molecule has 2 N–H and O–H groups in total. The van der Waals surface area contributed by atoms with E-state index < -0.39 is 10.0 Å². The van der Waals surface area contributed by atoms with Crippen molar-refractivity contribution in [1.82, 2.24) is 0 Å². The number of rotatable bonds is 6. The summed E-state index contributed by atoms with van der Waals surface area (Å²) in [5.74, 6) is 1.34. The number of benzene rings is 4. The number of fused-ring (bicyclic) bond motifs is 4. The Hall–Kier alpha value is -3.77. The van der Waals surface area contributed by atoms with E-state index in [-0.39, 0.29) is 16.9 Å². The molecule has 36 heavy (non-hydrogen) atoms. The molecule has 0 amide bonds. The lowest BCUT2D eigenvalue weighted by Gasteiger charge is -2.37. The van der Waals surface area contributed by atoms with Gasteiger partial charge in [-0.1, -0.05) is 60.7 Å². The van der Waals surface area contributed by atoms with Gasteiger partial charge in [-0.3, -0.25) is 4.72 Å². The summed E-state index contributed by atoms with van der Waals surface area (Å²) in [7, 11) is -3.76. The second-order valence-corrected chi connectivity index (χ2v) is 11.0. The molecule has 5 nitrogen and oxygen atoms in total. The minimum Gasteiger partial charge on any atom is -0.494 e. The van der Waals surface area contributed by atoms with Crippen LogP contribution in [-0.2, 0) is 10.0 Å². The van der Waals surface area contributed by atoms with Gasteiger partial charge in [0.2, 0.25) is 0 Å². The van der Waals surface area contributed by atoms with Crippen molar-refractivity contribution in [2.24, 2.45) is 5.92 Å². The number of allylic oxidation sites excluding steroid dienone is 2. The second-order valence-electron chi connectivity index (χ2n) is 9.36. The van der Waals surface area contributed by atoms with E-state index in [9.17, 15) is 8.42 Å². The van der Waals surface area contributed by atoms with Crippen molar-refractivity contribution in [3.63, 3.8) is 0 Å². The van der Waals surface area contributed by atoms with Gasteiger partial charge in [0, 0.05) is 17.0 Å². The molecule has 4 aromatic rings. The maximum absolute atomic E-state index is 13.4. The molecule has 1 aliphatic heterocycles. The Kier molecular flexibility index (Phi) is 5.69. The van der Waals surface area contributed by atoms with Gasteiger partial charge < -0.3 is 10.1 Å². The zero-order valence-electron chi connectivity index (χ0n) is 20.0. The van der Waals surface area contributed by atoms with Gasteiger partial charge in [-0.15, -0.1) is 0 Å². The minimum atomic E-state index is -3.76. The Bertz CT molecular complexity index is 1560. The molecular weight excluding hydrogens is 468 g/mol. The average Bonchev–Trinajstić information content (AvgIpc) is 3.39. The highest BCUT2D eigenvalue weighted by Crippen LogP contribution is 2.50. The van der Waals surface area contributed by atoms with E-state index >= 15 is 0 Å². The summed E-state index contributed by atoms with van der Waals surface area (Å²) in [4.78, 5) is 0.273. The largest absolute Gasteiger partial charge is 0.494 e. The molecule has 0 bridgehead atoms. The van der Waals surface area contributed by atoms with Gasteiger partial charge in [-0.05, 0) is 72.2 Å². The van der Waals surface area contributed by atoms with Crippen molar-refractivity contribution in [3.05, 3.63) is 108 Å². The molecule has 2 aliphatic rings. The molecule has 182 valence electrons. The van der Waals surface area contributed by atoms with Crippen LogP contribution in [-0.4, -0.2) is 15.0 Å². The lowest BCUT2D eigenvalue weighted by atomic mass is 9.77. The minimum absolute atomic E-state index is 0.143. The summed E-state index contributed by atoms with van der Waals surface area (Å²) in [6, 6.07) is 27.3. The third-order valence-corrected chi connectivity index (χ3v) is 8.59. The van der Waals surface area contributed by atoms with E-state index in [4.69, 9.17) is 4.74 Å². The van der Waals surface area contributed by atoms with Crippen LogP contribution in [0.2, 0.25) is 0 Å². The fourth-order valence-corrected chi connectivity index (χ4v) is 6.64. The van der Waals surface area contributed by atoms with Crippen LogP contribution < -0.4 is 14.8 Å². The monoisotopic (exact) mass is 496 g/mol.